The molecule has 0 heterocycles. The number of hydrogen-bond donors (Lipinski definition) is 1. The van der Waals surface area contributed by atoms with Crippen molar-refractivity contribution >= 4 is 0 Å². The summed E-state index contributed by atoms with van der Waals surface area (Å²) in [6.07, 6.45) is -4.39. The van der Waals surface area contributed by atoms with Crippen LogP contribution in [-0.2, 0) is 6.18 Å². The standard InChI is InChI=1S/C14H11F3O/c1-9-8-10(18)6-7-11(9)12-4-2-3-5-13(12)14(15,16)17/h2-8,18H,1H3. The summed E-state index contributed by atoms with van der Waals surface area (Å²) in [6, 6.07) is 9.75. The van der Waals surface area contributed by atoms with Gasteiger partial charge in [-0.25, -0.2) is 0 Å². The van der Waals surface area contributed by atoms with E-state index in [-0.39, 0.29) is 11.3 Å². The van der Waals surface area contributed by atoms with Crippen LogP contribution in [0.2, 0.25) is 0 Å². The van der Waals surface area contributed by atoms with Crippen molar-refractivity contribution in [2.45, 2.75) is 13.1 Å². The number of alkyl halides is 3. The van der Waals surface area contributed by atoms with E-state index in [9.17, 15) is 18.3 Å². The number of benzene rings is 2. The first-order valence-corrected chi connectivity index (χ1v) is 5.36. The summed E-state index contributed by atoms with van der Waals surface area (Å²) in [4.78, 5) is 0. The van der Waals surface area contributed by atoms with Gasteiger partial charge in [0.25, 0.3) is 0 Å². The molecule has 2 aromatic carbocycles. The molecule has 0 unspecified atom stereocenters. The Bertz CT molecular complexity index is 573. The third-order valence-electron chi connectivity index (χ3n) is 2.73. The Balaban J connectivity index is 2.64. The van der Waals surface area contributed by atoms with Gasteiger partial charge < -0.3 is 5.11 Å². The number of hydrogen-bond acceptors (Lipinski definition) is 1. The second kappa shape index (κ2) is 4.37. The van der Waals surface area contributed by atoms with Gasteiger partial charge in [-0.15, -0.1) is 0 Å². The molecule has 0 radical (unpaired) electrons. The smallest absolute Gasteiger partial charge is 0.417 e. The van der Waals surface area contributed by atoms with Crippen molar-refractivity contribution < 1.29 is 18.3 Å². The van der Waals surface area contributed by atoms with E-state index in [1.165, 1.54) is 30.3 Å². The van der Waals surface area contributed by atoms with Crippen LogP contribution in [0.15, 0.2) is 42.5 Å². The van der Waals surface area contributed by atoms with Crippen LogP contribution in [0.1, 0.15) is 11.1 Å². The molecule has 18 heavy (non-hydrogen) atoms. The van der Waals surface area contributed by atoms with E-state index in [2.05, 4.69) is 0 Å². The first-order valence-electron chi connectivity index (χ1n) is 5.36. The lowest BCUT2D eigenvalue weighted by Crippen LogP contribution is -2.07. The van der Waals surface area contributed by atoms with Crippen molar-refractivity contribution in [1.82, 2.24) is 0 Å². The Morgan fingerprint density at radius 2 is 1.61 bits per heavy atom. The molecule has 0 amide bonds. The average molecular weight is 252 g/mol. The van der Waals surface area contributed by atoms with Gasteiger partial charge in [-0.2, -0.15) is 13.2 Å². The van der Waals surface area contributed by atoms with E-state index >= 15 is 0 Å². The monoisotopic (exact) mass is 252 g/mol. The summed E-state index contributed by atoms with van der Waals surface area (Å²) in [5.74, 6) is 0.0424. The van der Waals surface area contributed by atoms with Gasteiger partial charge in [-0.3, -0.25) is 0 Å². The Morgan fingerprint density at radius 3 is 2.22 bits per heavy atom. The molecule has 0 aliphatic carbocycles. The quantitative estimate of drug-likeness (QED) is 0.798. The van der Waals surface area contributed by atoms with Crippen molar-refractivity contribution in [3.63, 3.8) is 0 Å². The largest absolute Gasteiger partial charge is 0.508 e. The lowest BCUT2D eigenvalue weighted by molar-refractivity contribution is -0.137. The van der Waals surface area contributed by atoms with Gasteiger partial charge in [0.1, 0.15) is 5.75 Å². The van der Waals surface area contributed by atoms with Crippen LogP contribution in [0.4, 0.5) is 13.2 Å². The van der Waals surface area contributed by atoms with Crippen molar-refractivity contribution in [2.75, 3.05) is 0 Å². The molecule has 0 bridgehead atoms. The maximum absolute atomic E-state index is 12.9. The fourth-order valence-electron chi connectivity index (χ4n) is 1.92. The van der Waals surface area contributed by atoms with Gasteiger partial charge in [0.2, 0.25) is 0 Å². The fraction of sp³-hybridized carbons (Fsp3) is 0.143. The third-order valence-corrected chi connectivity index (χ3v) is 2.73. The highest BCUT2D eigenvalue weighted by atomic mass is 19.4. The van der Waals surface area contributed by atoms with Crippen molar-refractivity contribution in [3.8, 4) is 16.9 Å². The second-order valence-electron chi connectivity index (χ2n) is 4.04. The zero-order valence-corrected chi connectivity index (χ0v) is 9.62. The van der Waals surface area contributed by atoms with Crippen LogP contribution in [0.3, 0.4) is 0 Å². The average Bonchev–Trinajstić information content (AvgIpc) is 2.28. The number of rotatable bonds is 1. The van der Waals surface area contributed by atoms with E-state index in [0.717, 1.165) is 6.07 Å². The summed E-state index contributed by atoms with van der Waals surface area (Å²) in [5, 5.41) is 9.29. The molecule has 1 N–H and O–H groups in total. The highest BCUT2D eigenvalue weighted by Crippen LogP contribution is 2.38. The van der Waals surface area contributed by atoms with Gasteiger partial charge in [-0.1, -0.05) is 24.3 Å². The second-order valence-corrected chi connectivity index (χ2v) is 4.04. The number of aromatic hydroxyl groups is 1. The molecule has 0 saturated carbocycles. The SMILES string of the molecule is Cc1cc(O)ccc1-c1ccccc1C(F)(F)F. The summed E-state index contributed by atoms with van der Waals surface area (Å²) in [5.41, 5.74) is 0.536. The molecule has 0 aliphatic heterocycles. The zero-order valence-electron chi connectivity index (χ0n) is 9.62. The van der Waals surface area contributed by atoms with Crippen molar-refractivity contribution in [2.24, 2.45) is 0 Å². The molecule has 4 heteroatoms. The van der Waals surface area contributed by atoms with Crippen molar-refractivity contribution in [3.05, 3.63) is 53.6 Å². The molecule has 0 spiro atoms. The lowest BCUT2D eigenvalue weighted by Gasteiger charge is -2.14. The first-order chi connectivity index (χ1) is 8.39. The molecular formula is C14H11F3O. The van der Waals surface area contributed by atoms with E-state index in [4.69, 9.17) is 0 Å². The predicted octanol–water partition coefficient (Wildman–Crippen LogP) is 4.39. The van der Waals surface area contributed by atoms with E-state index < -0.39 is 11.7 Å². The maximum atomic E-state index is 12.9. The topological polar surface area (TPSA) is 20.2 Å². The van der Waals surface area contributed by atoms with Gasteiger partial charge in [0.05, 0.1) is 5.56 Å². The fourth-order valence-corrected chi connectivity index (χ4v) is 1.92. The highest BCUT2D eigenvalue weighted by Gasteiger charge is 2.33. The molecular weight excluding hydrogens is 241 g/mol. The molecule has 2 rings (SSSR count). The van der Waals surface area contributed by atoms with E-state index in [1.807, 2.05) is 0 Å². The minimum atomic E-state index is -4.39. The van der Waals surface area contributed by atoms with E-state index in [0.29, 0.717) is 11.1 Å². The predicted molar refractivity (Wildman–Crippen MR) is 63.3 cm³/mol. The summed E-state index contributed by atoms with van der Waals surface area (Å²) in [6.45, 7) is 1.67. The van der Waals surface area contributed by atoms with Crippen LogP contribution >= 0.6 is 0 Å². The van der Waals surface area contributed by atoms with Crippen molar-refractivity contribution in [1.29, 1.82) is 0 Å². The summed E-state index contributed by atoms with van der Waals surface area (Å²) < 4.78 is 38.7. The van der Waals surface area contributed by atoms with Crippen LogP contribution < -0.4 is 0 Å². The molecule has 0 saturated heterocycles. The number of aryl methyl sites for hydroxylation is 1. The Hall–Kier alpha value is -1.97. The molecule has 94 valence electrons. The van der Waals surface area contributed by atoms with Gasteiger partial charge >= 0.3 is 6.18 Å². The number of phenolic OH excluding ortho intramolecular Hbond substituents is 1. The molecule has 0 aromatic heterocycles. The van der Waals surface area contributed by atoms with Gasteiger partial charge in [0.15, 0.2) is 0 Å². The van der Waals surface area contributed by atoms with Crippen LogP contribution in [0.5, 0.6) is 5.75 Å². The Morgan fingerprint density at radius 1 is 0.944 bits per heavy atom. The minimum Gasteiger partial charge on any atom is -0.508 e. The minimum absolute atomic E-state index is 0.0424. The normalized spacial score (nSPS) is 11.6. The maximum Gasteiger partial charge on any atom is 0.417 e. The van der Waals surface area contributed by atoms with Gasteiger partial charge in [-0.05, 0) is 41.8 Å². The highest BCUT2D eigenvalue weighted by molar-refractivity contribution is 5.71. The Kier molecular flexibility index (Phi) is 3.03. The van der Waals surface area contributed by atoms with Crippen LogP contribution in [-0.4, -0.2) is 5.11 Å². The summed E-state index contributed by atoms with van der Waals surface area (Å²) in [7, 11) is 0. The van der Waals surface area contributed by atoms with E-state index in [1.54, 1.807) is 13.0 Å². The molecule has 0 fully saturated rings. The number of phenols is 1. The third kappa shape index (κ3) is 2.32. The Labute approximate surface area is 103 Å². The lowest BCUT2D eigenvalue weighted by atomic mass is 9.95. The molecule has 2 aromatic rings. The van der Waals surface area contributed by atoms with Crippen LogP contribution in [0.25, 0.3) is 11.1 Å². The molecule has 0 aliphatic rings. The molecule has 1 nitrogen and oxygen atoms in total. The number of halogens is 3. The summed E-state index contributed by atoms with van der Waals surface area (Å²) >= 11 is 0. The van der Waals surface area contributed by atoms with Gasteiger partial charge in [0, 0.05) is 0 Å². The van der Waals surface area contributed by atoms with Crippen LogP contribution in [0, 0.1) is 6.92 Å². The zero-order chi connectivity index (χ0) is 13.3. The first kappa shape index (κ1) is 12.5. The molecule has 0 atom stereocenters.